The fourth-order valence-electron chi connectivity index (χ4n) is 1.37. The van der Waals surface area contributed by atoms with Crippen molar-refractivity contribution < 1.29 is 0 Å². The van der Waals surface area contributed by atoms with Gasteiger partial charge < -0.3 is 11.1 Å². The predicted octanol–water partition coefficient (Wildman–Crippen LogP) is 2.35. The molecule has 4 heteroatoms. The van der Waals surface area contributed by atoms with Crippen molar-refractivity contribution in [3.05, 3.63) is 23.3 Å². The molecule has 4 nitrogen and oxygen atoms in total. The Hall–Kier alpha value is -1.42. The van der Waals surface area contributed by atoms with Crippen LogP contribution < -0.4 is 11.1 Å². The average Bonchev–Trinajstić information content (AvgIpc) is 2.16. The lowest BCUT2D eigenvalue weighted by Crippen LogP contribution is -1.93. The van der Waals surface area contributed by atoms with Gasteiger partial charge in [-0.05, 0) is 37.1 Å². The van der Waals surface area contributed by atoms with Crippen molar-refractivity contribution in [2.45, 2.75) is 13.8 Å². The topological polar surface area (TPSA) is 62.8 Å². The average molecular weight is 192 g/mol. The van der Waals surface area contributed by atoms with Crippen molar-refractivity contribution in [2.75, 3.05) is 19.0 Å². The smallest absolute Gasteiger partial charge is 0.108 e. The Morgan fingerprint density at radius 2 is 1.86 bits per heavy atom. The van der Waals surface area contributed by atoms with Crippen LogP contribution in [0.25, 0.3) is 0 Å². The first-order chi connectivity index (χ1) is 6.69. The van der Waals surface area contributed by atoms with Crippen LogP contribution >= 0.6 is 0 Å². The first-order valence-electron chi connectivity index (χ1n) is 4.55. The van der Waals surface area contributed by atoms with Gasteiger partial charge in [0.25, 0.3) is 0 Å². The minimum Gasteiger partial charge on any atom is -0.388 e. The largest absolute Gasteiger partial charge is 0.388 e. The molecule has 0 atom stereocenters. The highest BCUT2D eigenvalue weighted by Gasteiger charge is 2.02. The van der Waals surface area contributed by atoms with E-state index in [0.717, 1.165) is 22.5 Å². The molecule has 0 radical (unpaired) electrons. The second-order valence-electron chi connectivity index (χ2n) is 3.13. The number of benzene rings is 1. The van der Waals surface area contributed by atoms with Crippen LogP contribution in [0.2, 0.25) is 0 Å². The summed E-state index contributed by atoms with van der Waals surface area (Å²) in [5.74, 6) is 0. The Morgan fingerprint density at radius 3 is 2.29 bits per heavy atom. The van der Waals surface area contributed by atoms with Gasteiger partial charge in [-0.15, -0.1) is 0 Å². The molecule has 0 saturated carbocycles. The highest BCUT2D eigenvalue weighted by molar-refractivity contribution is 5.60. The summed E-state index contributed by atoms with van der Waals surface area (Å²) < 4.78 is 0. The van der Waals surface area contributed by atoms with E-state index < -0.39 is 0 Å². The molecule has 0 fully saturated rings. The highest BCUT2D eigenvalue weighted by Crippen LogP contribution is 2.27. The molecule has 0 aromatic heterocycles. The predicted molar refractivity (Wildman–Crippen MR) is 59.0 cm³/mol. The third-order valence-electron chi connectivity index (χ3n) is 2.03. The molecule has 0 unspecified atom stereocenters. The van der Waals surface area contributed by atoms with Crippen LogP contribution in [-0.4, -0.2) is 13.7 Å². The van der Waals surface area contributed by atoms with E-state index in [9.17, 15) is 0 Å². The zero-order chi connectivity index (χ0) is 10.6. The fourth-order valence-corrected chi connectivity index (χ4v) is 1.37. The van der Waals surface area contributed by atoms with Gasteiger partial charge in [0.1, 0.15) is 6.67 Å². The molecule has 76 valence electrons. The summed E-state index contributed by atoms with van der Waals surface area (Å²) in [5, 5.41) is 11.0. The summed E-state index contributed by atoms with van der Waals surface area (Å²) in [6, 6.07) is 4.08. The van der Waals surface area contributed by atoms with E-state index in [1.807, 2.05) is 33.0 Å². The lowest BCUT2D eigenvalue weighted by molar-refractivity contribution is 0.961. The Labute approximate surface area is 84.2 Å². The quantitative estimate of drug-likeness (QED) is 0.722. The van der Waals surface area contributed by atoms with Crippen LogP contribution in [0, 0.1) is 13.8 Å². The number of nitrogens with one attached hydrogen (secondary N) is 1. The standard InChI is InChI=1S/C10H16N4/c1-7-4-9(12-3)5-8(2)10(7)14-13-6-11/h4-5,12H,6,11H2,1-3H3. The number of azo groups is 1. The van der Waals surface area contributed by atoms with Gasteiger partial charge in [-0.2, -0.15) is 10.2 Å². The number of nitrogens with zero attached hydrogens (tertiary/aromatic N) is 2. The molecule has 0 aliphatic heterocycles. The number of hydrogen-bond acceptors (Lipinski definition) is 4. The second kappa shape index (κ2) is 4.72. The van der Waals surface area contributed by atoms with E-state index in [-0.39, 0.29) is 6.67 Å². The van der Waals surface area contributed by atoms with Crippen molar-refractivity contribution >= 4 is 11.4 Å². The Morgan fingerprint density at radius 1 is 1.29 bits per heavy atom. The van der Waals surface area contributed by atoms with Gasteiger partial charge in [0.2, 0.25) is 0 Å². The minimum absolute atomic E-state index is 0.229. The van der Waals surface area contributed by atoms with Gasteiger partial charge in [0.05, 0.1) is 5.69 Å². The molecule has 0 amide bonds. The van der Waals surface area contributed by atoms with Crippen LogP contribution in [0.5, 0.6) is 0 Å². The maximum atomic E-state index is 5.26. The van der Waals surface area contributed by atoms with E-state index in [4.69, 9.17) is 5.73 Å². The van der Waals surface area contributed by atoms with Gasteiger partial charge in [-0.3, -0.25) is 0 Å². The normalized spacial score (nSPS) is 10.9. The van der Waals surface area contributed by atoms with Crippen molar-refractivity contribution in [1.29, 1.82) is 0 Å². The van der Waals surface area contributed by atoms with Crippen molar-refractivity contribution in [2.24, 2.45) is 16.0 Å². The SMILES string of the molecule is CNc1cc(C)c(N=NCN)c(C)c1. The lowest BCUT2D eigenvalue weighted by Gasteiger charge is -2.07. The zero-order valence-electron chi connectivity index (χ0n) is 8.83. The number of rotatable bonds is 3. The number of hydrogen-bond donors (Lipinski definition) is 2. The van der Waals surface area contributed by atoms with Gasteiger partial charge >= 0.3 is 0 Å². The molecule has 0 saturated heterocycles. The van der Waals surface area contributed by atoms with E-state index in [2.05, 4.69) is 15.5 Å². The molecule has 1 rings (SSSR count). The summed E-state index contributed by atoms with van der Waals surface area (Å²) in [7, 11) is 1.90. The molecule has 3 N–H and O–H groups in total. The van der Waals surface area contributed by atoms with Gasteiger partial charge in [0, 0.05) is 12.7 Å². The second-order valence-corrected chi connectivity index (χ2v) is 3.13. The summed E-state index contributed by atoms with van der Waals surface area (Å²) in [6.07, 6.45) is 0. The summed E-state index contributed by atoms with van der Waals surface area (Å²) >= 11 is 0. The van der Waals surface area contributed by atoms with E-state index in [1.54, 1.807) is 0 Å². The summed E-state index contributed by atoms with van der Waals surface area (Å²) in [4.78, 5) is 0. The zero-order valence-corrected chi connectivity index (χ0v) is 8.83. The first kappa shape index (κ1) is 10.7. The first-order valence-corrected chi connectivity index (χ1v) is 4.55. The number of anilines is 1. The molecule has 14 heavy (non-hydrogen) atoms. The van der Waals surface area contributed by atoms with Crippen LogP contribution in [-0.2, 0) is 0 Å². The van der Waals surface area contributed by atoms with E-state index in [0.29, 0.717) is 0 Å². The van der Waals surface area contributed by atoms with Crippen molar-refractivity contribution in [1.82, 2.24) is 0 Å². The molecule has 1 aromatic rings. The van der Waals surface area contributed by atoms with Crippen LogP contribution in [0.15, 0.2) is 22.4 Å². The Balaban J connectivity index is 3.11. The Bertz CT molecular complexity index is 321. The van der Waals surface area contributed by atoms with Gasteiger partial charge in [0.15, 0.2) is 0 Å². The molecular weight excluding hydrogens is 176 g/mol. The van der Waals surface area contributed by atoms with Gasteiger partial charge in [-0.25, -0.2) is 0 Å². The summed E-state index contributed by atoms with van der Waals surface area (Å²) in [6.45, 7) is 4.25. The van der Waals surface area contributed by atoms with Crippen molar-refractivity contribution in [3.63, 3.8) is 0 Å². The van der Waals surface area contributed by atoms with Crippen LogP contribution in [0.4, 0.5) is 11.4 Å². The maximum Gasteiger partial charge on any atom is 0.108 e. The molecule has 0 spiro atoms. The molecule has 0 bridgehead atoms. The highest BCUT2D eigenvalue weighted by atomic mass is 15.1. The minimum atomic E-state index is 0.229. The molecule has 0 aliphatic rings. The monoisotopic (exact) mass is 192 g/mol. The molecule has 0 aliphatic carbocycles. The summed E-state index contributed by atoms with van der Waals surface area (Å²) in [5.41, 5.74) is 9.47. The third kappa shape index (κ3) is 2.29. The van der Waals surface area contributed by atoms with Crippen molar-refractivity contribution in [3.8, 4) is 0 Å². The van der Waals surface area contributed by atoms with E-state index in [1.165, 1.54) is 0 Å². The van der Waals surface area contributed by atoms with E-state index >= 15 is 0 Å². The van der Waals surface area contributed by atoms with Gasteiger partial charge in [-0.1, -0.05) is 0 Å². The Kier molecular flexibility index (Phi) is 3.59. The van der Waals surface area contributed by atoms with Crippen LogP contribution in [0.3, 0.4) is 0 Å². The number of nitrogens with two attached hydrogens (primary N) is 1. The maximum absolute atomic E-state index is 5.26. The lowest BCUT2D eigenvalue weighted by atomic mass is 10.1. The third-order valence-corrected chi connectivity index (χ3v) is 2.03. The fraction of sp³-hybridized carbons (Fsp3) is 0.400. The number of aryl methyl sites for hydroxylation is 2. The van der Waals surface area contributed by atoms with Crippen LogP contribution in [0.1, 0.15) is 11.1 Å². The molecule has 1 aromatic carbocycles. The molecular formula is C10H16N4. The molecule has 0 heterocycles.